The average Bonchev–Trinajstić information content (AvgIpc) is 3.36. The summed E-state index contributed by atoms with van der Waals surface area (Å²) in [7, 11) is 0. The highest BCUT2D eigenvalue weighted by Gasteiger charge is 2.23. The summed E-state index contributed by atoms with van der Waals surface area (Å²) >= 11 is 1.57. The number of benzene rings is 2. The van der Waals surface area contributed by atoms with E-state index in [0.29, 0.717) is 23.4 Å². The molecule has 0 aliphatic carbocycles. The molecule has 3 rings (SSSR count). The molecule has 34 heavy (non-hydrogen) atoms. The zero-order chi connectivity index (χ0) is 24.5. The lowest BCUT2D eigenvalue weighted by Crippen LogP contribution is -2.43. The number of nitrogens with zero attached hydrogens (tertiary/aromatic N) is 1. The summed E-state index contributed by atoms with van der Waals surface area (Å²) in [6.07, 6.45) is 4.74. The molecule has 0 saturated carbocycles. The van der Waals surface area contributed by atoms with E-state index in [1.165, 1.54) is 12.8 Å². The number of hydrogen-bond acceptors (Lipinski definition) is 6. The van der Waals surface area contributed by atoms with Crippen LogP contribution in [0.4, 0.5) is 11.4 Å². The largest absolute Gasteiger partial charge is 0.454 e. The maximum absolute atomic E-state index is 12.7. The molecule has 1 saturated heterocycles. The molecule has 0 aromatic heterocycles. The second-order valence-corrected chi connectivity index (χ2v) is 9.51. The molecule has 182 valence electrons. The smallest absolute Gasteiger partial charge is 0.329 e. The first-order valence-corrected chi connectivity index (χ1v) is 13.0. The molecular weight excluding hydrogens is 450 g/mol. The summed E-state index contributed by atoms with van der Waals surface area (Å²) < 4.78 is 5.26. The lowest BCUT2D eigenvalue weighted by Gasteiger charge is -2.20. The summed E-state index contributed by atoms with van der Waals surface area (Å²) in [4.78, 5) is 40.0. The molecule has 2 aromatic carbocycles. The van der Waals surface area contributed by atoms with E-state index in [-0.39, 0.29) is 5.91 Å². The minimum absolute atomic E-state index is 0.343. The number of anilines is 2. The van der Waals surface area contributed by atoms with Crippen molar-refractivity contribution in [1.82, 2.24) is 5.32 Å². The van der Waals surface area contributed by atoms with Crippen LogP contribution in [-0.4, -0.2) is 55.5 Å². The van der Waals surface area contributed by atoms with Crippen molar-refractivity contribution in [2.75, 3.05) is 41.9 Å². The number of carbonyl (C=O) groups excluding carboxylic acids is 3. The van der Waals surface area contributed by atoms with Gasteiger partial charge in [-0.25, -0.2) is 4.79 Å². The van der Waals surface area contributed by atoms with Gasteiger partial charge >= 0.3 is 5.97 Å². The Hall–Kier alpha value is -3.00. The fourth-order valence-corrected chi connectivity index (χ4v) is 4.37. The van der Waals surface area contributed by atoms with Crippen molar-refractivity contribution in [2.24, 2.45) is 0 Å². The van der Waals surface area contributed by atoms with Crippen LogP contribution >= 0.6 is 11.8 Å². The van der Waals surface area contributed by atoms with Gasteiger partial charge in [-0.2, -0.15) is 11.8 Å². The van der Waals surface area contributed by atoms with E-state index in [9.17, 15) is 14.4 Å². The maximum atomic E-state index is 12.7. The number of ether oxygens (including phenoxy) is 1. The SMILES string of the molecule is CSCCC(NC(=O)c1cccc(C)c1)C(=O)OCC(=O)Nc1ccc(N2CCCC2)cc1C. The molecule has 0 radical (unpaired) electrons. The van der Waals surface area contributed by atoms with E-state index in [1.807, 2.05) is 38.3 Å². The molecule has 0 spiro atoms. The summed E-state index contributed by atoms with van der Waals surface area (Å²) in [5.41, 5.74) is 4.23. The maximum Gasteiger partial charge on any atom is 0.329 e. The van der Waals surface area contributed by atoms with Gasteiger partial charge in [-0.15, -0.1) is 0 Å². The predicted octanol–water partition coefficient (Wildman–Crippen LogP) is 3.94. The highest BCUT2D eigenvalue weighted by molar-refractivity contribution is 7.98. The first-order valence-electron chi connectivity index (χ1n) is 11.6. The predicted molar refractivity (Wildman–Crippen MR) is 138 cm³/mol. The van der Waals surface area contributed by atoms with E-state index in [1.54, 1.807) is 30.0 Å². The number of aryl methyl sites for hydroxylation is 2. The molecule has 7 nitrogen and oxygen atoms in total. The summed E-state index contributed by atoms with van der Waals surface area (Å²) in [5, 5.41) is 5.56. The van der Waals surface area contributed by atoms with Gasteiger partial charge in [0.1, 0.15) is 6.04 Å². The fraction of sp³-hybridized carbons (Fsp3) is 0.423. The minimum atomic E-state index is -0.824. The van der Waals surface area contributed by atoms with E-state index >= 15 is 0 Å². The molecule has 1 fully saturated rings. The molecule has 8 heteroatoms. The van der Waals surface area contributed by atoms with Crippen LogP contribution in [0.1, 0.15) is 40.7 Å². The van der Waals surface area contributed by atoms with Crippen molar-refractivity contribution in [3.05, 3.63) is 59.2 Å². The third-order valence-corrected chi connectivity index (χ3v) is 6.43. The zero-order valence-corrected chi connectivity index (χ0v) is 20.9. The lowest BCUT2D eigenvalue weighted by atomic mass is 10.1. The topological polar surface area (TPSA) is 87.7 Å². The van der Waals surface area contributed by atoms with Gasteiger partial charge in [-0.05, 0) is 81.0 Å². The van der Waals surface area contributed by atoms with Crippen LogP contribution in [0.2, 0.25) is 0 Å². The number of rotatable bonds is 10. The lowest BCUT2D eigenvalue weighted by molar-refractivity contribution is -0.149. The first-order chi connectivity index (χ1) is 16.4. The Bertz CT molecular complexity index is 1020. The monoisotopic (exact) mass is 483 g/mol. The molecular formula is C26H33N3O4S. The average molecular weight is 484 g/mol. The van der Waals surface area contributed by atoms with Gasteiger partial charge in [-0.3, -0.25) is 9.59 Å². The minimum Gasteiger partial charge on any atom is -0.454 e. The second kappa shape index (κ2) is 12.5. The van der Waals surface area contributed by atoms with E-state index in [4.69, 9.17) is 4.74 Å². The first kappa shape index (κ1) is 25.6. The van der Waals surface area contributed by atoms with Gasteiger partial charge in [0.15, 0.2) is 6.61 Å². The Morgan fingerprint density at radius 1 is 1.09 bits per heavy atom. The van der Waals surface area contributed by atoms with Crippen LogP contribution in [0, 0.1) is 13.8 Å². The van der Waals surface area contributed by atoms with E-state index in [0.717, 1.165) is 29.9 Å². The summed E-state index contributed by atoms with van der Waals surface area (Å²) in [6, 6.07) is 12.3. The van der Waals surface area contributed by atoms with Gasteiger partial charge in [0.05, 0.1) is 0 Å². The van der Waals surface area contributed by atoms with Crippen molar-refractivity contribution in [3.63, 3.8) is 0 Å². The third kappa shape index (κ3) is 7.25. The molecule has 1 unspecified atom stereocenters. The number of hydrogen-bond donors (Lipinski definition) is 2. The van der Waals surface area contributed by atoms with Crippen LogP contribution in [0.5, 0.6) is 0 Å². The Labute approximate surface area is 205 Å². The Kier molecular flexibility index (Phi) is 9.39. The molecule has 2 aromatic rings. The number of esters is 1. The van der Waals surface area contributed by atoms with Crippen LogP contribution in [-0.2, 0) is 14.3 Å². The number of thioether (sulfide) groups is 1. The normalized spacial score (nSPS) is 13.9. The van der Waals surface area contributed by atoms with Gasteiger partial charge in [0.25, 0.3) is 11.8 Å². The van der Waals surface area contributed by atoms with E-state index < -0.39 is 24.5 Å². The molecule has 1 aliphatic heterocycles. The molecule has 1 heterocycles. The third-order valence-electron chi connectivity index (χ3n) is 5.78. The van der Waals surface area contributed by atoms with Crippen molar-refractivity contribution in [2.45, 2.75) is 39.2 Å². The van der Waals surface area contributed by atoms with Crippen molar-refractivity contribution in [3.8, 4) is 0 Å². The Morgan fingerprint density at radius 2 is 1.85 bits per heavy atom. The van der Waals surface area contributed by atoms with Crippen LogP contribution in [0.3, 0.4) is 0 Å². The van der Waals surface area contributed by atoms with Crippen molar-refractivity contribution < 1.29 is 19.1 Å². The highest BCUT2D eigenvalue weighted by atomic mass is 32.2. The highest BCUT2D eigenvalue weighted by Crippen LogP contribution is 2.25. The molecule has 1 aliphatic rings. The van der Waals surface area contributed by atoms with Gasteiger partial charge in [-0.1, -0.05) is 17.7 Å². The van der Waals surface area contributed by atoms with Crippen LogP contribution in [0.15, 0.2) is 42.5 Å². The van der Waals surface area contributed by atoms with Gasteiger partial charge in [0.2, 0.25) is 0 Å². The molecule has 2 N–H and O–H groups in total. The summed E-state index contributed by atoms with van der Waals surface area (Å²) in [6.45, 7) is 5.54. The van der Waals surface area contributed by atoms with Crippen molar-refractivity contribution in [1.29, 1.82) is 0 Å². The van der Waals surface area contributed by atoms with E-state index in [2.05, 4.69) is 21.6 Å². The Balaban J connectivity index is 1.54. The van der Waals surface area contributed by atoms with Crippen LogP contribution < -0.4 is 15.5 Å². The number of amides is 2. The molecule has 2 amide bonds. The van der Waals surface area contributed by atoms with Gasteiger partial charge in [0, 0.05) is 30.0 Å². The second-order valence-electron chi connectivity index (χ2n) is 8.53. The fourth-order valence-electron chi connectivity index (χ4n) is 3.90. The van der Waals surface area contributed by atoms with Gasteiger partial charge < -0.3 is 20.3 Å². The van der Waals surface area contributed by atoms with Crippen LogP contribution in [0.25, 0.3) is 0 Å². The quantitative estimate of drug-likeness (QED) is 0.498. The number of carbonyl (C=O) groups is 3. The standard InChI is InChI=1S/C26H33N3O4S/c1-18-7-6-8-20(15-18)25(31)28-23(11-14-34-3)26(32)33-17-24(30)27-22-10-9-21(16-19(22)2)29-12-4-5-13-29/h6-10,15-16,23H,4-5,11-14,17H2,1-3H3,(H,27,30)(H,28,31). The molecule has 0 bridgehead atoms. The van der Waals surface area contributed by atoms with Crippen molar-refractivity contribution >= 4 is 40.9 Å². The number of nitrogens with one attached hydrogen (secondary N) is 2. The zero-order valence-electron chi connectivity index (χ0n) is 20.1. The summed E-state index contributed by atoms with van der Waals surface area (Å²) in [5.74, 6) is -0.710. The Morgan fingerprint density at radius 3 is 2.53 bits per heavy atom. The molecule has 1 atom stereocenters.